The van der Waals surface area contributed by atoms with E-state index in [-0.39, 0.29) is 36.6 Å². The third-order valence-electron chi connectivity index (χ3n) is 8.74. The van der Waals surface area contributed by atoms with Crippen LogP contribution >= 0.6 is 0 Å². The molecule has 1 aromatic heterocycles. The van der Waals surface area contributed by atoms with Crippen molar-refractivity contribution in [1.29, 1.82) is 0 Å². The normalized spacial score (nSPS) is 19.9. The number of aliphatic hydroxyl groups is 1. The van der Waals surface area contributed by atoms with Gasteiger partial charge in [-0.3, -0.25) is 24.0 Å². The molecule has 49 heavy (non-hydrogen) atoms. The van der Waals surface area contributed by atoms with E-state index in [9.17, 15) is 46.3 Å². The Kier molecular flexibility index (Phi) is 11.4. The van der Waals surface area contributed by atoms with Gasteiger partial charge in [0.25, 0.3) is 17.7 Å². The second-order valence-electron chi connectivity index (χ2n) is 12.8. The van der Waals surface area contributed by atoms with Crippen LogP contribution < -0.4 is 11.1 Å². The molecule has 2 aliphatic rings. The Labute approximate surface area is 281 Å². The van der Waals surface area contributed by atoms with Crippen molar-refractivity contribution < 1.29 is 46.3 Å². The number of aliphatic imine (C=N–C) groups is 1. The minimum Gasteiger partial charge on any atom is -0.384 e. The van der Waals surface area contributed by atoms with Gasteiger partial charge >= 0.3 is 5.76 Å². The molecule has 4 N–H and O–H groups in total. The highest BCUT2D eigenvalue weighted by atomic mass is 32.2. The third kappa shape index (κ3) is 8.59. The van der Waals surface area contributed by atoms with Crippen molar-refractivity contribution >= 4 is 45.0 Å². The first kappa shape index (κ1) is 37.4. The summed E-state index contributed by atoms with van der Waals surface area (Å²) in [5, 5.41) is 21.1. The number of alkyl halides is 2. The van der Waals surface area contributed by atoms with Crippen LogP contribution in [0.3, 0.4) is 0 Å². The number of nitrogens with one attached hydrogen (secondary N) is 1. The summed E-state index contributed by atoms with van der Waals surface area (Å²) >= 11 is 0. The number of nitrogens with two attached hydrogens (primary N) is 1. The van der Waals surface area contributed by atoms with Gasteiger partial charge in [0.1, 0.15) is 17.4 Å². The van der Waals surface area contributed by atoms with Crippen molar-refractivity contribution in [2.45, 2.75) is 100 Å². The van der Waals surface area contributed by atoms with Crippen molar-refractivity contribution in [2.75, 3.05) is 6.54 Å². The number of halogens is 2. The number of amides is 4. The van der Waals surface area contributed by atoms with Crippen molar-refractivity contribution in [1.82, 2.24) is 25.2 Å². The lowest BCUT2D eigenvalue weighted by Crippen LogP contribution is -2.52. The van der Waals surface area contributed by atoms with E-state index in [0.717, 1.165) is 56.4 Å². The lowest BCUT2D eigenvalue weighted by molar-refractivity contribution is -0.139. The van der Waals surface area contributed by atoms with E-state index in [1.54, 1.807) is 0 Å². The monoisotopic (exact) mass is 707 g/mol. The molecule has 0 bridgehead atoms. The molecule has 4 rings (SSSR count). The number of aromatic nitrogens is 3. The molecule has 1 saturated heterocycles. The van der Waals surface area contributed by atoms with E-state index in [4.69, 9.17) is 5.73 Å². The predicted octanol–water partition coefficient (Wildman–Crippen LogP) is 1.45. The van der Waals surface area contributed by atoms with E-state index in [2.05, 4.69) is 20.6 Å². The van der Waals surface area contributed by atoms with E-state index >= 15 is 0 Å². The van der Waals surface area contributed by atoms with Crippen LogP contribution in [-0.2, 0) is 34.6 Å². The molecule has 0 spiro atoms. The van der Waals surface area contributed by atoms with Gasteiger partial charge in [0.05, 0.1) is 28.9 Å². The van der Waals surface area contributed by atoms with E-state index in [1.165, 1.54) is 36.5 Å². The van der Waals surface area contributed by atoms with Crippen LogP contribution in [0, 0.1) is 5.92 Å². The molecule has 2 aromatic rings. The minimum absolute atomic E-state index is 0.0150. The predicted molar refractivity (Wildman–Crippen MR) is 169 cm³/mol. The van der Waals surface area contributed by atoms with Crippen molar-refractivity contribution in [3.05, 3.63) is 41.7 Å². The first-order chi connectivity index (χ1) is 22.9. The van der Waals surface area contributed by atoms with E-state index in [0.29, 0.717) is 5.69 Å². The van der Waals surface area contributed by atoms with Gasteiger partial charge in [0, 0.05) is 18.5 Å². The number of hydrogen-bond acceptors (Lipinski definition) is 10. The summed E-state index contributed by atoms with van der Waals surface area (Å²) in [6, 6.07) is 0.494. The molecule has 1 aromatic carbocycles. The molecule has 0 radical (unpaired) electrons. The topological polar surface area (TPSA) is 224 Å². The van der Waals surface area contributed by atoms with Crippen LogP contribution in [0.4, 0.5) is 8.78 Å². The summed E-state index contributed by atoms with van der Waals surface area (Å²) < 4.78 is 51.1. The number of carbonyl (C=O) groups is 5. The standard InChI is InChI=1S/C31H39F2N7O8S/c1-17(25(41)26(34)42)36-28(44)23-14-20(40-24(15-35-38-40)31(2,3)46)16-39(23)29(45)22(13-18-7-5-4-6-8-18)37-27(43)19-9-11-21(12-10-19)49(47,48)30(32)33/h9-12,15,17-18,20,23,30,46H,4-8,13-14,16H2,1-3H3,(H2,34,42)(H,36,44)/t17?,20-,23-/m0/s1. The summed E-state index contributed by atoms with van der Waals surface area (Å²) in [4.78, 5) is 69.5. The lowest BCUT2D eigenvalue weighted by atomic mass is 9.85. The maximum absolute atomic E-state index is 14.4. The molecule has 15 nitrogen and oxygen atoms in total. The molecule has 1 aliphatic heterocycles. The van der Waals surface area contributed by atoms with E-state index < -0.39 is 73.6 Å². The van der Waals surface area contributed by atoms with Gasteiger partial charge in [-0.05, 0) is 57.4 Å². The van der Waals surface area contributed by atoms with Crippen molar-refractivity contribution in [3.63, 3.8) is 0 Å². The maximum atomic E-state index is 14.4. The third-order valence-corrected chi connectivity index (χ3v) is 10.1. The zero-order chi connectivity index (χ0) is 36.3. The smallest absolute Gasteiger partial charge is 0.341 e. The highest BCUT2D eigenvalue weighted by Crippen LogP contribution is 2.33. The summed E-state index contributed by atoms with van der Waals surface area (Å²) in [6.45, 7) is 4.15. The minimum atomic E-state index is -4.91. The fourth-order valence-corrected chi connectivity index (χ4v) is 6.81. The van der Waals surface area contributed by atoms with Gasteiger partial charge in [-0.25, -0.2) is 18.1 Å². The molecule has 18 heteroatoms. The first-order valence-electron chi connectivity index (χ1n) is 15.7. The molecule has 4 amide bonds. The summed E-state index contributed by atoms with van der Waals surface area (Å²) in [6.07, 6.45) is 5.69. The summed E-state index contributed by atoms with van der Waals surface area (Å²) in [5.74, 6) is -8.48. The van der Waals surface area contributed by atoms with Gasteiger partial charge in [-0.15, -0.1) is 5.10 Å². The molecule has 266 valence electrons. The van der Waals surface area contributed by atoms with Crippen LogP contribution in [0.1, 0.15) is 87.8 Å². The number of carbonyl (C=O) groups excluding carboxylic acids is 5. The van der Waals surface area contributed by atoms with Crippen LogP contribution in [0.25, 0.3) is 0 Å². The Balaban J connectivity index is 1.71. The Bertz CT molecular complexity index is 1730. The average molecular weight is 708 g/mol. The van der Waals surface area contributed by atoms with Crippen LogP contribution in [0.2, 0.25) is 0 Å². The van der Waals surface area contributed by atoms with Gasteiger partial charge in [-0.1, -0.05) is 37.3 Å². The van der Waals surface area contributed by atoms with Crippen molar-refractivity contribution in [2.24, 2.45) is 16.6 Å². The lowest BCUT2D eigenvalue weighted by Gasteiger charge is -2.27. The largest absolute Gasteiger partial charge is 0.384 e. The molecule has 1 aliphatic carbocycles. The Morgan fingerprint density at radius 2 is 1.73 bits per heavy atom. The molecule has 1 saturated carbocycles. The van der Waals surface area contributed by atoms with Gasteiger partial charge in [-0.2, -0.15) is 8.78 Å². The second kappa shape index (κ2) is 15.0. The number of nitrogens with zero attached hydrogens (tertiary/aromatic N) is 5. The fourth-order valence-electron chi connectivity index (χ4n) is 6.09. The fraction of sp³-hybridized carbons (Fsp3) is 0.548. The van der Waals surface area contributed by atoms with Crippen molar-refractivity contribution in [3.8, 4) is 0 Å². The summed E-state index contributed by atoms with van der Waals surface area (Å²) in [5.41, 5.74) is 3.66. The molecule has 2 heterocycles. The van der Waals surface area contributed by atoms with Gasteiger partial charge < -0.3 is 21.1 Å². The number of Topliss-reactive ketones (excluding diaryl/α,β-unsaturated/α-hetero) is 1. The van der Waals surface area contributed by atoms with Crippen LogP contribution in [0.5, 0.6) is 0 Å². The Morgan fingerprint density at radius 1 is 1.10 bits per heavy atom. The second-order valence-corrected chi connectivity index (χ2v) is 14.8. The average Bonchev–Trinajstić information content (AvgIpc) is 3.72. The highest BCUT2D eigenvalue weighted by molar-refractivity contribution is 7.91. The molecule has 1 unspecified atom stereocenters. The number of likely N-dealkylation sites (tertiary alicyclic amines) is 1. The molecule has 3 atom stereocenters. The highest BCUT2D eigenvalue weighted by Gasteiger charge is 2.44. The number of primary amides is 1. The zero-order valence-electron chi connectivity index (χ0n) is 27.2. The Hall–Kier alpha value is -4.45. The van der Waals surface area contributed by atoms with Crippen LogP contribution in [-0.4, -0.2) is 92.9 Å². The van der Waals surface area contributed by atoms with Crippen LogP contribution in [0.15, 0.2) is 40.4 Å². The zero-order valence-corrected chi connectivity index (χ0v) is 28.0. The van der Waals surface area contributed by atoms with Gasteiger partial charge in [0.2, 0.25) is 21.5 Å². The molecular weight excluding hydrogens is 668 g/mol. The maximum Gasteiger partial charge on any atom is 0.341 e. The molecular formula is C31H39F2N7O8S. The quantitative estimate of drug-likeness (QED) is 0.213. The first-order valence-corrected chi connectivity index (χ1v) is 17.3. The number of hydrogen-bond donors (Lipinski definition) is 3. The number of ketones is 1. The van der Waals surface area contributed by atoms with Gasteiger partial charge in [0.15, 0.2) is 0 Å². The number of rotatable bonds is 12. The summed E-state index contributed by atoms with van der Waals surface area (Å²) in [7, 11) is -4.91. The van der Waals surface area contributed by atoms with E-state index in [1.807, 2.05) is 0 Å². The molecule has 2 fully saturated rings. The number of sulfone groups is 1. The SMILES string of the molecule is CC(NC(=O)[C@@H]1C[C@H](n2nncc2C(C)(C)O)CN1C(=O)C(CC1CCCCC1)=NC(=O)c1ccc(S(=O)(=O)C(F)F)cc1)C(=O)C(N)=O. The Morgan fingerprint density at radius 3 is 2.31 bits per heavy atom. The number of benzene rings is 1.